The summed E-state index contributed by atoms with van der Waals surface area (Å²) in [4.78, 5) is 0. The van der Waals surface area contributed by atoms with Gasteiger partial charge < -0.3 is 10.1 Å². The van der Waals surface area contributed by atoms with Crippen molar-refractivity contribution in [3.05, 3.63) is 63.6 Å². The number of hydrogen-bond acceptors (Lipinski definition) is 5. The molecule has 118 valence electrons. The van der Waals surface area contributed by atoms with Crippen molar-refractivity contribution in [2.24, 2.45) is 0 Å². The van der Waals surface area contributed by atoms with Crippen LogP contribution in [0.25, 0.3) is 0 Å². The zero-order valence-electron chi connectivity index (χ0n) is 12.0. The standard InChI is InChI=1S/C15H13Cl2N5O/c16-12-6-5-10(7-13(12)17)9-23-14-4-2-1-3-11(14)8-18-15-19-21-22-20-15/h1-7H,8-9H2,(H2,18,19,20,21,22). The highest BCUT2D eigenvalue weighted by Crippen LogP contribution is 2.24. The lowest BCUT2D eigenvalue weighted by Gasteiger charge is -2.12. The number of anilines is 1. The molecule has 1 aromatic heterocycles. The summed E-state index contributed by atoms with van der Waals surface area (Å²) in [6.45, 7) is 0.924. The maximum absolute atomic E-state index is 6.01. The topological polar surface area (TPSA) is 75.7 Å². The number of nitrogens with one attached hydrogen (secondary N) is 2. The third-order valence-electron chi connectivity index (χ3n) is 3.13. The van der Waals surface area contributed by atoms with Crippen molar-refractivity contribution in [2.75, 3.05) is 5.32 Å². The van der Waals surface area contributed by atoms with Crippen LogP contribution >= 0.6 is 23.2 Å². The fourth-order valence-electron chi connectivity index (χ4n) is 1.99. The summed E-state index contributed by atoms with van der Waals surface area (Å²) in [5.74, 6) is 1.21. The minimum Gasteiger partial charge on any atom is -0.489 e. The molecule has 0 atom stereocenters. The van der Waals surface area contributed by atoms with Crippen LogP contribution in [0.15, 0.2) is 42.5 Å². The molecule has 0 aliphatic heterocycles. The van der Waals surface area contributed by atoms with Crippen molar-refractivity contribution in [1.29, 1.82) is 0 Å². The lowest BCUT2D eigenvalue weighted by molar-refractivity contribution is 0.303. The monoisotopic (exact) mass is 349 g/mol. The van der Waals surface area contributed by atoms with Gasteiger partial charge in [0.2, 0.25) is 0 Å². The number of halogens is 2. The number of rotatable bonds is 6. The Morgan fingerprint density at radius 1 is 1.09 bits per heavy atom. The van der Waals surface area contributed by atoms with Crippen LogP contribution in [0.1, 0.15) is 11.1 Å². The Balaban J connectivity index is 1.66. The summed E-state index contributed by atoms with van der Waals surface area (Å²) in [5.41, 5.74) is 1.93. The minimum absolute atomic E-state index is 0.399. The average Bonchev–Trinajstić information content (AvgIpc) is 3.08. The highest BCUT2D eigenvalue weighted by Gasteiger charge is 2.06. The predicted octanol–water partition coefficient (Wildman–Crippen LogP) is 3.70. The number of benzene rings is 2. The van der Waals surface area contributed by atoms with Gasteiger partial charge in [0, 0.05) is 12.1 Å². The lowest BCUT2D eigenvalue weighted by Crippen LogP contribution is -2.04. The molecule has 1 heterocycles. The molecule has 0 aliphatic carbocycles. The van der Waals surface area contributed by atoms with Gasteiger partial charge in [-0.15, -0.1) is 5.10 Å². The third-order valence-corrected chi connectivity index (χ3v) is 3.87. The molecule has 3 rings (SSSR count). The quantitative estimate of drug-likeness (QED) is 0.709. The van der Waals surface area contributed by atoms with Crippen molar-refractivity contribution in [3.8, 4) is 5.75 Å². The van der Waals surface area contributed by atoms with Gasteiger partial charge in [0.05, 0.1) is 10.0 Å². The largest absolute Gasteiger partial charge is 0.489 e. The molecule has 0 aliphatic rings. The molecular formula is C15H13Cl2N5O. The first-order valence-corrected chi connectivity index (χ1v) is 7.60. The Kier molecular flexibility index (Phi) is 4.95. The van der Waals surface area contributed by atoms with Gasteiger partial charge in [-0.2, -0.15) is 5.21 Å². The lowest BCUT2D eigenvalue weighted by atomic mass is 10.2. The molecule has 0 saturated heterocycles. The van der Waals surface area contributed by atoms with Crippen molar-refractivity contribution < 1.29 is 4.74 Å². The van der Waals surface area contributed by atoms with Gasteiger partial charge in [-0.25, -0.2) is 0 Å². The SMILES string of the molecule is Clc1ccc(COc2ccccc2CNc2nn[nH]n2)cc1Cl. The van der Waals surface area contributed by atoms with Gasteiger partial charge >= 0.3 is 0 Å². The van der Waals surface area contributed by atoms with E-state index >= 15 is 0 Å². The molecule has 2 N–H and O–H groups in total. The number of ether oxygens (including phenoxy) is 1. The summed E-state index contributed by atoms with van der Waals surface area (Å²) in [7, 11) is 0. The summed E-state index contributed by atoms with van der Waals surface area (Å²) in [6.07, 6.45) is 0. The second-order valence-electron chi connectivity index (χ2n) is 4.73. The number of H-pyrrole nitrogens is 1. The average molecular weight is 350 g/mol. The molecule has 23 heavy (non-hydrogen) atoms. The van der Waals surface area contributed by atoms with Crippen LogP contribution in [0.2, 0.25) is 10.0 Å². The van der Waals surface area contributed by atoms with Crippen molar-refractivity contribution in [2.45, 2.75) is 13.2 Å². The molecule has 0 amide bonds. The first-order valence-electron chi connectivity index (χ1n) is 6.84. The maximum Gasteiger partial charge on any atom is 0.263 e. The van der Waals surface area contributed by atoms with Gasteiger partial charge in [-0.3, -0.25) is 0 Å². The van der Waals surface area contributed by atoms with Crippen LogP contribution in [-0.2, 0) is 13.2 Å². The number of aromatic nitrogens is 4. The molecule has 0 spiro atoms. The molecule has 0 radical (unpaired) electrons. The van der Waals surface area contributed by atoms with E-state index in [0.29, 0.717) is 29.1 Å². The zero-order valence-corrected chi connectivity index (χ0v) is 13.5. The van der Waals surface area contributed by atoms with Gasteiger partial charge in [-0.05, 0) is 29.0 Å². The molecule has 8 heteroatoms. The Bertz CT molecular complexity index is 779. The molecule has 6 nitrogen and oxygen atoms in total. The highest BCUT2D eigenvalue weighted by atomic mass is 35.5. The number of para-hydroxylation sites is 1. The van der Waals surface area contributed by atoms with Crippen LogP contribution in [0.3, 0.4) is 0 Å². The van der Waals surface area contributed by atoms with E-state index in [1.807, 2.05) is 30.3 Å². The Labute approximate surface area is 142 Å². The summed E-state index contributed by atoms with van der Waals surface area (Å²) >= 11 is 11.9. The van der Waals surface area contributed by atoms with E-state index in [4.69, 9.17) is 27.9 Å². The molecular weight excluding hydrogens is 337 g/mol. The van der Waals surface area contributed by atoms with E-state index in [2.05, 4.69) is 25.9 Å². The summed E-state index contributed by atoms with van der Waals surface area (Å²) in [5, 5.41) is 17.7. The highest BCUT2D eigenvalue weighted by molar-refractivity contribution is 6.42. The summed E-state index contributed by atoms with van der Waals surface area (Å²) in [6, 6.07) is 13.2. The van der Waals surface area contributed by atoms with Gasteiger partial charge in [0.25, 0.3) is 5.95 Å². The third kappa shape index (κ3) is 4.12. The first kappa shape index (κ1) is 15.6. The number of aromatic amines is 1. The van der Waals surface area contributed by atoms with Crippen LogP contribution < -0.4 is 10.1 Å². The van der Waals surface area contributed by atoms with Crippen molar-refractivity contribution in [3.63, 3.8) is 0 Å². The molecule has 0 bridgehead atoms. The van der Waals surface area contributed by atoms with Crippen LogP contribution in [-0.4, -0.2) is 20.6 Å². The van der Waals surface area contributed by atoms with Crippen LogP contribution in [0.5, 0.6) is 5.75 Å². The number of nitrogens with zero attached hydrogens (tertiary/aromatic N) is 3. The van der Waals surface area contributed by atoms with Gasteiger partial charge in [0.15, 0.2) is 0 Å². The van der Waals surface area contributed by atoms with Crippen LogP contribution in [0.4, 0.5) is 5.95 Å². The zero-order chi connectivity index (χ0) is 16.1. The maximum atomic E-state index is 6.01. The van der Waals surface area contributed by atoms with E-state index in [-0.39, 0.29) is 0 Å². The number of hydrogen-bond donors (Lipinski definition) is 2. The molecule has 0 unspecified atom stereocenters. The fourth-order valence-corrected chi connectivity index (χ4v) is 2.31. The van der Waals surface area contributed by atoms with Gasteiger partial charge in [-0.1, -0.05) is 52.6 Å². The summed E-state index contributed by atoms with van der Waals surface area (Å²) < 4.78 is 5.88. The number of tetrazole rings is 1. The first-order chi connectivity index (χ1) is 11.2. The van der Waals surface area contributed by atoms with Gasteiger partial charge in [0.1, 0.15) is 12.4 Å². The van der Waals surface area contributed by atoms with E-state index in [9.17, 15) is 0 Å². The van der Waals surface area contributed by atoms with E-state index in [1.165, 1.54) is 0 Å². The van der Waals surface area contributed by atoms with E-state index < -0.39 is 0 Å². The van der Waals surface area contributed by atoms with E-state index in [1.54, 1.807) is 12.1 Å². The minimum atomic E-state index is 0.399. The Morgan fingerprint density at radius 3 is 2.74 bits per heavy atom. The fraction of sp³-hybridized carbons (Fsp3) is 0.133. The van der Waals surface area contributed by atoms with Crippen molar-refractivity contribution in [1.82, 2.24) is 20.6 Å². The van der Waals surface area contributed by atoms with Crippen molar-refractivity contribution >= 4 is 29.2 Å². The van der Waals surface area contributed by atoms with E-state index in [0.717, 1.165) is 16.9 Å². The Morgan fingerprint density at radius 2 is 1.96 bits per heavy atom. The predicted molar refractivity (Wildman–Crippen MR) is 88.7 cm³/mol. The molecule has 2 aromatic carbocycles. The molecule has 0 saturated carbocycles. The second kappa shape index (κ2) is 7.30. The Hall–Kier alpha value is -2.31. The normalized spacial score (nSPS) is 10.5. The molecule has 3 aromatic rings. The molecule has 0 fully saturated rings. The smallest absolute Gasteiger partial charge is 0.263 e. The second-order valence-corrected chi connectivity index (χ2v) is 5.55. The van der Waals surface area contributed by atoms with Crippen LogP contribution in [0, 0.1) is 0 Å².